The van der Waals surface area contributed by atoms with Crippen molar-refractivity contribution in [3.05, 3.63) is 58.9 Å². The van der Waals surface area contributed by atoms with E-state index in [0.717, 1.165) is 19.1 Å². The standard InChI is InChI=1S/C20H15F10NOS/c1-11-8-14(21)15(9-16(11)33(32)10-18(22,23)24)31-17(20(28,29)30)7-4-12-2-5-13(6-3-12)19(25,26)27/h2-3,5-6,8-9H,4,7,10H2,1H3. The van der Waals surface area contributed by atoms with Crippen molar-refractivity contribution in [2.75, 3.05) is 5.75 Å². The van der Waals surface area contributed by atoms with Crippen LogP contribution in [-0.4, -0.2) is 28.0 Å². The van der Waals surface area contributed by atoms with Gasteiger partial charge in [0.25, 0.3) is 0 Å². The molecule has 0 aliphatic rings. The van der Waals surface area contributed by atoms with Crippen LogP contribution in [0.5, 0.6) is 0 Å². The summed E-state index contributed by atoms with van der Waals surface area (Å²) in [6, 6.07) is 4.56. The number of aliphatic imine (C=N–C) groups is 1. The summed E-state index contributed by atoms with van der Waals surface area (Å²) >= 11 is 0. The first-order valence-corrected chi connectivity index (χ1v) is 10.4. The van der Waals surface area contributed by atoms with E-state index in [9.17, 15) is 48.1 Å². The highest BCUT2D eigenvalue weighted by Gasteiger charge is 2.36. The summed E-state index contributed by atoms with van der Waals surface area (Å²) in [5, 5.41) is 0. The summed E-state index contributed by atoms with van der Waals surface area (Å²) < 4.78 is 142. The van der Waals surface area contributed by atoms with Gasteiger partial charge in [-0.3, -0.25) is 4.21 Å². The molecule has 0 saturated carbocycles. The summed E-state index contributed by atoms with van der Waals surface area (Å²) in [6.07, 6.45) is -15.7. The number of rotatable bonds is 6. The molecule has 0 N–H and O–H groups in total. The Morgan fingerprint density at radius 2 is 1.52 bits per heavy atom. The molecule has 0 aliphatic carbocycles. The highest BCUT2D eigenvalue weighted by molar-refractivity contribution is 7.85. The molecule has 0 heterocycles. The van der Waals surface area contributed by atoms with Gasteiger partial charge in [-0.1, -0.05) is 12.1 Å². The molecule has 2 nitrogen and oxygen atoms in total. The number of hydrogen-bond donors (Lipinski definition) is 0. The van der Waals surface area contributed by atoms with Gasteiger partial charge in [0, 0.05) is 4.90 Å². The second kappa shape index (κ2) is 9.82. The number of halogens is 10. The third-order valence-electron chi connectivity index (χ3n) is 4.30. The van der Waals surface area contributed by atoms with Gasteiger partial charge < -0.3 is 0 Å². The van der Waals surface area contributed by atoms with Crippen LogP contribution < -0.4 is 0 Å². The molecule has 1 atom stereocenters. The van der Waals surface area contributed by atoms with Crippen LogP contribution in [0.2, 0.25) is 0 Å². The summed E-state index contributed by atoms with van der Waals surface area (Å²) in [6.45, 7) is 1.15. The van der Waals surface area contributed by atoms with E-state index < -0.39 is 75.6 Å². The molecule has 0 amide bonds. The van der Waals surface area contributed by atoms with Gasteiger partial charge >= 0.3 is 18.5 Å². The Labute approximate surface area is 183 Å². The predicted molar refractivity (Wildman–Crippen MR) is 101 cm³/mol. The Balaban J connectivity index is 2.35. The summed E-state index contributed by atoms with van der Waals surface area (Å²) in [5.74, 6) is -3.04. The zero-order valence-electron chi connectivity index (χ0n) is 16.6. The van der Waals surface area contributed by atoms with Crippen LogP contribution in [0.25, 0.3) is 0 Å². The second-order valence-corrected chi connectivity index (χ2v) is 8.34. The van der Waals surface area contributed by atoms with Crippen molar-refractivity contribution in [2.24, 2.45) is 4.99 Å². The van der Waals surface area contributed by atoms with E-state index in [1.165, 1.54) is 0 Å². The quantitative estimate of drug-likeness (QED) is 0.303. The van der Waals surface area contributed by atoms with E-state index in [-0.39, 0.29) is 11.1 Å². The summed E-state index contributed by atoms with van der Waals surface area (Å²) in [7, 11) is -2.70. The molecule has 0 aliphatic heterocycles. The molecule has 0 radical (unpaired) electrons. The zero-order chi connectivity index (χ0) is 25.2. The van der Waals surface area contributed by atoms with E-state index in [2.05, 4.69) is 4.99 Å². The lowest BCUT2D eigenvalue weighted by Crippen LogP contribution is -2.23. The normalized spacial score (nSPS) is 14.5. The van der Waals surface area contributed by atoms with E-state index in [1.807, 2.05) is 0 Å². The maximum atomic E-state index is 14.2. The van der Waals surface area contributed by atoms with Crippen LogP contribution in [0.4, 0.5) is 49.6 Å². The lowest BCUT2D eigenvalue weighted by Gasteiger charge is -2.13. The molecular formula is C20H15F10NOS. The fourth-order valence-electron chi connectivity index (χ4n) is 2.73. The molecule has 2 aromatic carbocycles. The van der Waals surface area contributed by atoms with E-state index in [0.29, 0.717) is 24.3 Å². The Morgan fingerprint density at radius 1 is 0.939 bits per heavy atom. The van der Waals surface area contributed by atoms with Crippen LogP contribution in [0.1, 0.15) is 23.1 Å². The van der Waals surface area contributed by atoms with Crippen LogP contribution in [0.3, 0.4) is 0 Å². The van der Waals surface area contributed by atoms with Crippen molar-refractivity contribution in [1.29, 1.82) is 0 Å². The Hall–Kier alpha value is -2.44. The van der Waals surface area contributed by atoms with Gasteiger partial charge in [-0.25, -0.2) is 9.38 Å². The number of nitrogens with zero attached hydrogens (tertiary/aromatic N) is 1. The molecule has 33 heavy (non-hydrogen) atoms. The largest absolute Gasteiger partial charge is 0.429 e. The van der Waals surface area contributed by atoms with Crippen molar-refractivity contribution in [2.45, 2.75) is 43.2 Å². The summed E-state index contributed by atoms with van der Waals surface area (Å²) in [5.41, 5.74) is -3.48. The molecule has 2 aromatic rings. The minimum Gasteiger partial charge on any atom is -0.254 e. The average molecular weight is 507 g/mol. The molecule has 13 heteroatoms. The highest BCUT2D eigenvalue weighted by Crippen LogP contribution is 2.32. The SMILES string of the molecule is Cc1cc(F)c(N=C(CCc2ccc(C(F)(F)F)cc2)C(F)(F)F)cc1S(=O)CC(F)(F)F. The molecule has 2 rings (SSSR count). The first-order chi connectivity index (χ1) is 15.0. The van der Waals surface area contributed by atoms with Crippen LogP contribution in [0.15, 0.2) is 46.3 Å². The fraction of sp³-hybridized carbons (Fsp3) is 0.350. The van der Waals surface area contributed by atoms with Crippen LogP contribution in [0, 0.1) is 12.7 Å². The van der Waals surface area contributed by atoms with Crippen molar-refractivity contribution in [1.82, 2.24) is 0 Å². The first-order valence-electron chi connectivity index (χ1n) is 9.03. The second-order valence-electron chi connectivity index (χ2n) is 6.93. The van der Waals surface area contributed by atoms with Crippen LogP contribution in [-0.2, 0) is 23.4 Å². The van der Waals surface area contributed by atoms with Gasteiger partial charge in [0.2, 0.25) is 0 Å². The topological polar surface area (TPSA) is 29.4 Å². The molecule has 0 fully saturated rings. The van der Waals surface area contributed by atoms with Crippen molar-refractivity contribution < 1.29 is 48.1 Å². The minimum atomic E-state index is -5.06. The maximum absolute atomic E-state index is 14.2. The highest BCUT2D eigenvalue weighted by atomic mass is 32.2. The van der Waals surface area contributed by atoms with Gasteiger partial charge in [0.05, 0.1) is 16.4 Å². The average Bonchev–Trinajstić information content (AvgIpc) is 2.63. The fourth-order valence-corrected chi connectivity index (χ4v) is 3.84. The van der Waals surface area contributed by atoms with E-state index in [4.69, 9.17) is 0 Å². The predicted octanol–water partition coefficient (Wildman–Crippen LogP) is 7.09. The molecule has 0 spiro atoms. The van der Waals surface area contributed by atoms with Gasteiger partial charge in [0.1, 0.15) is 23.0 Å². The first kappa shape index (κ1) is 26.8. The Morgan fingerprint density at radius 3 is 2.00 bits per heavy atom. The van der Waals surface area contributed by atoms with E-state index >= 15 is 0 Å². The third kappa shape index (κ3) is 7.83. The number of benzene rings is 2. The van der Waals surface area contributed by atoms with Gasteiger partial charge in [-0.15, -0.1) is 0 Å². The van der Waals surface area contributed by atoms with Crippen LogP contribution >= 0.6 is 0 Å². The Bertz CT molecular complexity index is 1040. The lowest BCUT2D eigenvalue weighted by atomic mass is 10.0. The monoisotopic (exact) mass is 507 g/mol. The van der Waals surface area contributed by atoms with Gasteiger partial charge in [-0.05, 0) is 55.2 Å². The number of aryl methyl sites for hydroxylation is 2. The smallest absolute Gasteiger partial charge is 0.254 e. The number of alkyl halides is 9. The zero-order valence-corrected chi connectivity index (χ0v) is 17.4. The summed E-state index contributed by atoms with van der Waals surface area (Å²) in [4.78, 5) is 2.69. The molecular weight excluding hydrogens is 492 g/mol. The number of hydrogen-bond acceptors (Lipinski definition) is 2. The Kier molecular flexibility index (Phi) is 7.98. The third-order valence-corrected chi connectivity index (χ3v) is 5.82. The van der Waals surface area contributed by atoms with Gasteiger partial charge in [0.15, 0.2) is 0 Å². The molecule has 0 aromatic heterocycles. The minimum absolute atomic E-state index is 0.122. The molecule has 1 unspecified atom stereocenters. The van der Waals surface area contributed by atoms with Crippen molar-refractivity contribution >= 4 is 22.2 Å². The van der Waals surface area contributed by atoms with Crippen molar-refractivity contribution in [3.63, 3.8) is 0 Å². The maximum Gasteiger partial charge on any atom is 0.429 e. The molecule has 0 bridgehead atoms. The molecule has 182 valence electrons. The van der Waals surface area contributed by atoms with Gasteiger partial charge in [-0.2, -0.15) is 39.5 Å². The van der Waals surface area contributed by atoms with Crippen molar-refractivity contribution in [3.8, 4) is 0 Å². The van der Waals surface area contributed by atoms with E-state index in [1.54, 1.807) is 0 Å². The lowest BCUT2D eigenvalue weighted by molar-refractivity contribution is -0.137. The molecule has 0 saturated heterocycles.